The fourth-order valence-electron chi connectivity index (χ4n) is 3.49. The number of sulfone groups is 1. The van der Waals surface area contributed by atoms with Gasteiger partial charge in [-0.1, -0.05) is 210 Å². The number of aliphatic imine (C=N–C) groups is 2. The molecule has 23 nitrogen and oxygen atoms in total. The predicted octanol–water partition coefficient (Wildman–Crippen LogP) is 18.6. The molecule has 7 N–H and O–H groups in total. The SMILES string of the molecule is C.C.C.C.C1CCCCC1.CC.CC.CC(C)(C)C.CC(C)=O.CC(C)OO.CC1=NCCCN1C.CC1=NCCN1C.CC=CC.CN(C)C.CNC.CNC.CNOC(C)C.CNS(C)(C)(=O)O.COC.CS(C)(=O)=O.CSC.CSC(=S)N(C)C.C[Si](C)(C)C.Cc1ccccc1.N=C=O.O=C=O. The summed E-state index contributed by atoms with van der Waals surface area (Å²) in [5.74, 6) is 2.51. The molecular weight excluding hydrogens is 1460 g/mol. The third-order valence-corrected chi connectivity index (χ3v) is 10.1. The topological polar surface area (TPSA) is 297 Å². The Hall–Kier alpha value is -3.16. The highest BCUT2D eigenvalue weighted by molar-refractivity contribution is 8.22. The fourth-order valence-corrected chi connectivity index (χ4v) is 3.85. The summed E-state index contributed by atoms with van der Waals surface area (Å²) < 4.78 is 46.1. The van der Waals surface area contributed by atoms with Crippen LogP contribution in [-0.4, -0.2) is 272 Å². The second-order valence-corrected chi connectivity index (χ2v) is 40.2. The van der Waals surface area contributed by atoms with E-state index in [9.17, 15) is 17.4 Å². The van der Waals surface area contributed by atoms with Crippen LogP contribution in [0.2, 0.25) is 26.2 Å². The van der Waals surface area contributed by atoms with Crippen molar-refractivity contribution in [3.05, 3.63) is 48.0 Å². The van der Waals surface area contributed by atoms with Crippen molar-refractivity contribution in [2.75, 3.05) is 176 Å². The van der Waals surface area contributed by atoms with Crippen molar-refractivity contribution < 1.29 is 56.1 Å². The number of ether oxygens (including phenoxy) is 1. The number of hydrogen-bond acceptors (Lipinski definition) is 23. The van der Waals surface area contributed by atoms with Crippen LogP contribution in [0.25, 0.3) is 0 Å². The number of hydrogen-bond donors (Lipinski definition) is 7. The molecule has 1 aliphatic carbocycles. The molecule has 1 saturated carbocycles. The molecule has 1 fully saturated rings. The Bertz CT molecular complexity index is 1970. The van der Waals surface area contributed by atoms with Crippen LogP contribution < -0.4 is 20.8 Å². The summed E-state index contributed by atoms with van der Waals surface area (Å²) in [5, 5.41) is 18.5. The lowest BCUT2D eigenvalue weighted by Gasteiger charge is -2.32. The van der Waals surface area contributed by atoms with Crippen LogP contribution in [0.1, 0.15) is 205 Å². The highest BCUT2D eigenvalue weighted by atomic mass is 32.3. The van der Waals surface area contributed by atoms with Gasteiger partial charge in [0.15, 0.2) is 0 Å². The number of likely N-dealkylation sites (N-methyl/N-ethyl adjacent to an activating group) is 1. The number of hydroxylamine groups is 1. The monoisotopic (exact) mass is 1650 g/mol. The Kier molecular flexibility index (Phi) is 202. The van der Waals surface area contributed by atoms with E-state index in [-0.39, 0.29) is 53.8 Å². The van der Waals surface area contributed by atoms with Gasteiger partial charge in [0.05, 0.1) is 30.4 Å². The Morgan fingerprint density at radius 2 is 0.906 bits per heavy atom. The maximum absolute atomic E-state index is 10.6. The maximum Gasteiger partial charge on any atom is 0.373 e. The summed E-state index contributed by atoms with van der Waals surface area (Å²) in [6.45, 7) is 51.0. The van der Waals surface area contributed by atoms with Gasteiger partial charge in [-0.25, -0.2) is 33.7 Å². The number of isocyanates is 1. The zero-order valence-electron chi connectivity index (χ0n) is 74.7. The summed E-state index contributed by atoms with van der Waals surface area (Å²) in [6.07, 6.45) is 26.3. The fraction of sp³-hybridized carbons (Fsp3) is 0.818. The first kappa shape index (κ1) is 163. The quantitative estimate of drug-likeness (QED) is 0.0280. The van der Waals surface area contributed by atoms with Gasteiger partial charge in [0.25, 0.3) is 0 Å². The molecule has 0 atom stereocenters. The van der Waals surface area contributed by atoms with E-state index in [2.05, 4.69) is 144 Å². The number of nitrogens with zero attached hydrogens (tertiary/aromatic N) is 6. The summed E-state index contributed by atoms with van der Waals surface area (Å²) >= 11 is 8.21. The standard InChI is InChI=1S/C7H8.C6H12N2.C6H12.C5H10N2.C5H12.C4H11NO.C4H9NS2.C4H12Si.C4H8.C3H11NO2S.C3H9N.C3H8O2.C3H6O.2C2H7N.C2H6O2S.C2H6O.C2H6S.2C2H6.CHNO.CO2.4CH4/c1-7-5-3-2-4-6-7;1-6-7-4-3-5-8(6)2;1-2-4-6-5-3-1;1-5-6-3-4-7(5)2;1-5(2,3)4;1-4(2)6-5-3;1-5(2)4(6)7-3;1-5(2,3)4;1-3-4-2;1-4-7(2,3,5)6;1-4(2)3;1-3(2)5-4;1-3(2)4;2*1-3-2;1-5(2,3)4;2*1-3-2;2*1-2;2*2-1-3;;;;/h2-6H,1H3;3-5H2,1-2H3;1-6H2;3-4H2,1-2H3;1-4H3;4-5H,1-3H3;1-3H3;1-4H3;3-4H,1-2H3;1-3H3,(H2,4,5,6);1-3H3;3-4H,1-2H3;1-2H3;2*3H,1-2H3;1-2H3;2*1-2H3;2*1-2H3;2H;;4*1H4. The number of thiocarbonyl (C=S) groups is 1. The van der Waals surface area contributed by atoms with E-state index in [0.717, 1.165) is 42.5 Å². The molecule has 0 bridgehead atoms. The van der Waals surface area contributed by atoms with Crippen LogP contribution in [0.5, 0.6) is 0 Å². The molecular formula is C77H189N11O12S5Si. The zero-order chi connectivity index (χ0) is 86.2. The van der Waals surface area contributed by atoms with E-state index >= 15 is 0 Å². The van der Waals surface area contributed by atoms with Crippen molar-refractivity contribution in [2.24, 2.45) is 15.4 Å². The van der Waals surface area contributed by atoms with Crippen LogP contribution >= 0.6 is 35.7 Å². The number of nitrogens with one attached hydrogen (secondary N) is 5. The minimum atomic E-state index is -3.37. The van der Waals surface area contributed by atoms with Crippen LogP contribution in [0.3, 0.4) is 0 Å². The number of aryl methyl sites for hydroxylation is 1. The molecule has 2 aliphatic heterocycles. The second kappa shape index (κ2) is 131. The first-order valence-corrected chi connectivity index (χ1v) is 46.4. The lowest BCUT2D eigenvalue weighted by molar-refractivity contribution is -0.269. The summed E-state index contributed by atoms with van der Waals surface area (Å²) in [7, 11) is 21.3. The number of methoxy groups -OCH3 is 1. The molecule has 29 heteroatoms. The number of benzene rings is 1. The van der Waals surface area contributed by atoms with Gasteiger partial charge in [-0.2, -0.15) is 25.6 Å². The molecule has 0 aromatic heterocycles. The molecule has 3 aliphatic rings. The smallest absolute Gasteiger partial charge is 0.373 e. The van der Waals surface area contributed by atoms with E-state index in [1.807, 2.05) is 185 Å². The van der Waals surface area contributed by atoms with Gasteiger partial charge in [-0.3, -0.25) is 24.6 Å². The van der Waals surface area contributed by atoms with E-state index in [1.165, 1.54) is 102 Å². The third-order valence-electron chi connectivity index (χ3n) is 7.33. The Labute approximate surface area is 678 Å². The third kappa shape index (κ3) is 439. The van der Waals surface area contributed by atoms with E-state index in [1.54, 1.807) is 58.6 Å². The number of thioether (sulfide) groups is 2. The van der Waals surface area contributed by atoms with Gasteiger partial charge in [-0.15, -0.1) is 21.3 Å². The van der Waals surface area contributed by atoms with Crippen molar-refractivity contribution in [1.82, 2.24) is 40.4 Å². The van der Waals surface area contributed by atoms with Crippen LogP contribution in [-0.2, 0) is 53.0 Å². The molecule has 0 saturated heterocycles. The van der Waals surface area contributed by atoms with Gasteiger partial charge < -0.3 is 39.8 Å². The average Bonchev–Trinajstić information content (AvgIpc) is 1.13. The van der Waals surface area contributed by atoms with Gasteiger partial charge in [0.1, 0.15) is 19.9 Å². The minimum absolute atomic E-state index is 0. The molecule has 4 rings (SSSR count). The van der Waals surface area contributed by atoms with E-state index in [0.29, 0.717) is 5.41 Å². The van der Waals surface area contributed by atoms with Crippen molar-refractivity contribution in [3.8, 4) is 0 Å². The molecule has 0 radical (unpaired) electrons. The number of carbonyl (C=O) groups excluding carboxylic acids is 4. The lowest BCUT2D eigenvalue weighted by atomic mass is 10.0. The molecule has 1 aromatic carbocycles. The van der Waals surface area contributed by atoms with Crippen LogP contribution in [0.4, 0.5) is 0 Å². The maximum atomic E-state index is 10.6. The van der Waals surface area contributed by atoms with Crippen molar-refractivity contribution in [3.63, 3.8) is 0 Å². The number of carbonyl (C=O) groups is 1. The normalized spacial score (nSPS) is 11.2. The van der Waals surface area contributed by atoms with Crippen molar-refractivity contribution in [2.45, 2.75) is 245 Å². The van der Waals surface area contributed by atoms with E-state index in [4.69, 9.17) is 46.7 Å². The highest BCUT2D eigenvalue weighted by Crippen LogP contribution is 2.15. The summed E-state index contributed by atoms with van der Waals surface area (Å²) in [6, 6.07) is 10.3. The van der Waals surface area contributed by atoms with Gasteiger partial charge >= 0.3 is 6.15 Å². The summed E-state index contributed by atoms with van der Waals surface area (Å²) in [5.41, 5.74) is 4.39. The molecule has 2 heterocycles. The Morgan fingerprint density at radius 3 is 0.972 bits per heavy atom. The Morgan fingerprint density at radius 1 is 0.698 bits per heavy atom. The van der Waals surface area contributed by atoms with Crippen molar-refractivity contribution in [1.29, 1.82) is 5.41 Å². The number of Topliss-reactive ketones (excluding diaryl/α,β-unsaturated/α-hetero) is 1. The average molecular weight is 1650 g/mol. The van der Waals surface area contributed by atoms with Crippen LogP contribution in [0, 0.1) is 17.7 Å². The zero-order valence-corrected chi connectivity index (χ0v) is 79.8. The van der Waals surface area contributed by atoms with Gasteiger partial charge in [0.2, 0.25) is 6.08 Å². The van der Waals surface area contributed by atoms with Crippen molar-refractivity contribution >= 4 is 97.2 Å². The predicted molar refractivity (Wildman–Crippen MR) is 497 cm³/mol. The molecule has 106 heavy (non-hydrogen) atoms. The molecule has 0 unspecified atom stereocenters. The van der Waals surface area contributed by atoms with Gasteiger partial charge in [0, 0.05) is 109 Å². The lowest BCUT2D eigenvalue weighted by Crippen LogP contribution is -2.41. The minimum Gasteiger partial charge on any atom is -0.388 e. The molecule has 658 valence electrons. The first-order valence-electron chi connectivity index (χ1n) is 34.1. The number of amidine groups is 2. The van der Waals surface area contributed by atoms with Gasteiger partial charge in [-0.05, 0) is 156 Å². The van der Waals surface area contributed by atoms with E-state index < -0.39 is 27.4 Å². The number of rotatable bonds is 4. The Balaban J connectivity index is -0.0000000351. The number of ketones is 1. The number of allylic oxidation sites excluding steroid dienone is 2. The molecule has 1 aromatic rings. The molecule has 0 spiro atoms. The van der Waals surface area contributed by atoms with Crippen LogP contribution in [0.15, 0.2) is 52.5 Å². The summed E-state index contributed by atoms with van der Waals surface area (Å²) in [4.78, 5) is 59.2. The first-order chi connectivity index (χ1) is 46.4. The largest absolute Gasteiger partial charge is 0.388 e. The molecule has 0 amide bonds. The second-order valence-electron chi connectivity index (χ2n) is 25.7. The highest BCUT2D eigenvalue weighted by Gasteiger charge is 2.07.